The van der Waals surface area contributed by atoms with Crippen LogP contribution in [-0.4, -0.2) is 30.9 Å². The van der Waals surface area contributed by atoms with Crippen LogP contribution in [-0.2, 0) is 14.3 Å². The molecule has 1 N–H and O–H groups in total. The number of methoxy groups -OCH3 is 1. The fourth-order valence-corrected chi connectivity index (χ4v) is 1.17. The van der Waals surface area contributed by atoms with Crippen molar-refractivity contribution in [3.05, 3.63) is 24.3 Å². The van der Waals surface area contributed by atoms with E-state index in [0.717, 1.165) is 0 Å². The number of nitrogens with one attached hydrogen (secondary N) is 1. The van der Waals surface area contributed by atoms with Crippen molar-refractivity contribution in [1.82, 2.24) is 0 Å². The Morgan fingerprint density at radius 2 is 1.94 bits per heavy atom. The van der Waals surface area contributed by atoms with E-state index in [-0.39, 0.29) is 17.8 Å². The molecule has 1 aromatic rings. The Hall–Kier alpha value is -1.56. The number of carbonyl (C=O) groups excluding carboxylic acids is 2. The van der Waals surface area contributed by atoms with Gasteiger partial charge < -0.3 is 14.8 Å². The Bertz CT molecular complexity index is 391. The van der Waals surface area contributed by atoms with Crippen molar-refractivity contribution in [3.8, 4) is 5.75 Å². The van der Waals surface area contributed by atoms with Gasteiger partial charge in [-0.1, -0.05) is 15.9 Å². The summed E-state index contributed by atoms with van der Waals surface area (Å²) < 4.78 is 9.59. The van der Waals surface area contributed by atoms with Gasteiger partial charge in [-0.05, 0) is 24.3 Å². The zero-order valence-electron chi connectivity index (χ0n) is 9.23. The molecule has 0 heterocycles. The summed E-state index contributed by atoms with van der Waals surface area (Å²) in [5.41, 5.74) is 0.667. The lowest BCUT2D eigenvalue weighted by molar-refractivity contribution is -0.142. The normalized spacial score (nSPS) is 9.53. The van der Waals surface area contributed by atoms with Crippen molar-refractivity contribution in [2.45, 2.75) is 0 Å². The summed E-state index contributed by atoms with van der Waals surface area (Å²) in [6.07, 6.45) is 0. The Balaban J connectivity index is 2.50. The van der Waals surface area contributed by atoms with Crippen molar-refractivity contribution in [2.75, 3.05) is 24.4 Å². The predicted molar refractivity (Wildman–Crippen MR) is 66.4 cm³/mol. The molecule has 92 valence electrons. The molecule has 0 saturated heterocycles. The van der Waals surface area contributed by atoms with Gasteiger partial charge in [-0.15, -0.1) is 0 Å². The highest BCUT2D eigenvalue weighted by molar-refractivity contribution is 9.09. The van der Waals surface area contributed by atoms with Crippen molar-refractivity contribution in [2.24, 2.45) is 0 Å². The second-order valence-electron chi connectivity index (χ2n) is 3.07. The molecule has 0 fully saturated rings. The second-order valence-corrected chi connectivity index (χ2v) is 3.63. The first-order chi connectivity index (χ1) is 8.15. The Labute approximate surface area is 107 Å². The van der Waals surface area contributed by atoms with Crippen LogP contribution in [0.25, 0.3) is 0 Å². The number of rotatable bonds is 5. The maximum absolute atomic E-state index is 11.1. The number of anilines is 1. The topological polar surface area (TPSA) is 64.6 Å². The van der Waals surface area contributed by atoms with Gasteiger partial charge in [0.25, 0.3) is 0 Å². The van der Waals surface area contributed by atoms with E-state index >= 15 is 0 Å². The minimum atomic E-state index is -0.443. The van der Waals surface area contributed by atoms with Crippen LogP contribution in [0, 0.1) is 0 Å². The van der Waals surface area contributed by atoms with Crippen LogP contribution >= 0.6 is 15.9 Å². The Kier molecular flexibility index (Phi) is 5.48. The van der Waals surface area contributed by atoms with E-state index in [1.54, 1.807) is 24.3 Å². The Morgan fingerprint density at radius 3 is 2.47 bits per heavy atom. The van der Waals surface area contributed by atoms with Gasteiger partial charge >= 0.3 is 5.97 Å². The van der Waals surface area contributed by atoms with Gasteiger partial charge in [-0.3, -0.25) is 4.79 Å². The van der Waals surface area contributed by atoms with Gasteiger partial charge in [0, 0.05) is 5.69 Å². The molecule has 0 spiro atoms. The molecule has 1 amide bonds. The van der Waals surface area contributed by atoms with Crippen LogP contribution in [0.5, 0.6) is 5.75 Å². The Morgan fingerprint density at radius 1 is 1.29 bits per heavy atom. The van der Waals surface area contributed by atoms with Gasteiger partial charge in [-0.2, -0.15) is 0 Å². The zero-order chi connectivity index (χ0) is 12.7. The lowest BCUT2D eigenvalue weighted by Crippen LogP contribution is -2.13. The molecular formula is C11H12BrNO4. The highest BCUT2D eigenvalue weighted by Crippen LogP contribution is 2.15. The van der Waals surface area contributed by atoms with E-state index in [4.69, 9.17) is 4.74 Å². The van der Waals surface area contributed by atoms with Gasteiger partial charge in [0.2, 0.25) is 5.91 Å². The summed E-state index contributed by atoms with van der Waals surface area (Å²) in [5, 5.41) is 2.91. The SMILES string of the molecule is COC(=O)COc1ccc(NC(=O)CBr)cc1. The van der Waals surface area contributed by atoms with Crippen LogP contribution in [0.1, 0.15) is 0 Å². The highest BCUT2D eigenvalue weighted by atomic mass is 79.9. The van der Waals surface area contributed by atoms with E-state index in [2.05, 4.69) is 26.0 Å². The van der Waals surface area contributed by atoms with Crippen molar-refractivity contribution in [1.29, 1.82) is 0 Å². The van der Waals surface area contributed by atoms with E-state index < -0.39 is 5.97 Å². The molecule has 5 nitrogen and oxygen atoms in total. The molecule has 0 aliphatic carbocycles. The third-order valence-electron chi connectivity index (χ3n) is 1.84. The third-order valence-corrected chi connectivity index (χ3v) is 2.35. The van der Waals surface area contributed by atoms with Crippen LogP contribution < -0.4 is 10.1 Å². The number of hydrogen-bond acceptors (Lipinski definition) is 4. The zero-order valence-corrected chi connectivity index (χ0v) is 10.8. The molecule has 0 aliphatic heterocycles. The molecule has 0 bridgehead atoms. The number of ether oxygens (including phenoxy) is 2. The van der Waals surface area contributed by atoms with E-state index in [1.165, 1.54) is 7.11 Å². The standard InChI is InChI=1S/C11H12BrNO4/c1-16-11(15)7-17-9-4-2-8(3-5-9)13-10(14)6-12/h2-5H,6-7H2,1H3,(H,13,14). The van der Waals surface area contributed by atoms with Crippen molar-refractivity contribution < 1.29 is 19.1 Å². The average Bonchev–Trinajstić information content (AvgIpc) is 2.37. The smallest absolute Gasteiger partial charge is 0.343 e. The van der Waals surface area contributed by atoms with Crippen LogP contribution in [0.15, 0.2) is 24.3 Å². The fourth-order valence-electron chi connectivity index (χ4n) is 1.03. The van der Waals surface area contributed by atoms with Crippen LogP contribution in [0.4, 0.5) is 5.69 Å². The minimum Gasteiger partial charge on any atom is -0.482 e. The summed E-state index contributed by atoms with van der Waals surface area (Å²) in [6.45, 7) is -0.135. The molecular weight excluding hydrogens is 290 g/mol. The quantitative estimate of drug-likeness (QED) is 0.662. The molecule has 0 aromatic heterocycles. The molecule has 0 radical (unpaired) electrons. The first-order valence-corrected chi connectivity index (χ1v) is 5.93. The number of alkyl halides is 1. The van der Waals surface area contributed by atoms with Crippen molar-refractivity contribution in [3.63, 3.8) is 0 Å². The maximum atomic E-state index is 11.1. The predicted octanol–water partition coefficient (Wildman–Crippen LogP) is 1.57. The van der Waals surface area contributed by atoms with Gasteiger partial charge in [-0.25, -0.2) is 4.79 Å². The molecule has 1 aromatic carbocycles. The number of carbonyl (C=O) groups is 2. The van der Waals surface area contributed by atoms with Crippen LogP contribution in [0.3, 0.4) is 0 Å². The first kappa shape index (κ1) is 13.5. The first-order valence-electron chi connectivity index (χ1n) is 4.81. The second kappa shape index (κ2) is 6.90. The van der Waals surface area contributed by atoms with Gasteiger partial charge in [0.15, 0.2) is 6.61 Å². The molecule has 0 atom stereocenters. The minimum absolute atomic E-state index is 0.131. The average molecular weight is 302 g/mol. The summed E-state index contributed by atoms with van der Waals surface area (Å²) in [4.78, 5) is 21.9. The number of esters is 1. The largest absolute Gasteiger partial charge is 0.482 e. The summed E-state index contributed by atoms with van der Waals surface area (Å²) in [6, 6.07) is 6.69. The number of amides is 1. The number of hydrogen-bond donors (Lipinski definition) is 1. The third kappa shape index (κ3) is 4.86. The highest BCUT2D eigenvalue weighted by Gasteiger charge is 2.03. The number of benzene rings is 1. The molecule has 17 heavy (non-hydrogen) atoms. The van der Waals surface area contributed by atoms with Crippen LogP contribution in [0.2, 0.25) is 0 Å². The van der Waals surface area contributed by atoms with E-state index in [1.807, 2.05) is 0 Å². The molecule has 6 heteroatoms. The van der Waals surface area contributed by atoms with E-state index in [9.17, 15) is 9.59 Å². The maximum Gasteiger partial charge on any atom is 0.343 e. The molecule has 0 unspecified atom stereocenters. The van der Waals surface area contributed by atoms with Gasteiger partial charge in [0.05, 0.1) is 12.4 Å². The monoisotopic (exact) mass is 301 g/mol. The lowest BCUT2D eigenvalue weighted by Gasteiger charge is -2.06. The molecule has 0 aliphatic rings. The molecule has 1 rings (SSSR count). The number of halogens is 1. The summed E-state index contributed by atoms with van der Waals surface area (Å²) >= 11 is 3.05. The van der Waals surface area contributed by atoms with Crippen molar-refractivity contribution >= 4 is 33.5 Å². The lowest BCUT2D eigenvalue weighted by atomic mass is 10.3. The molecule has 0 saturated carbocycles. The fraction of sp³-hybridized carbons (Fsp3) is 0.273. The summed E-state index contributed by atoms with van der Waals surface area (Å²) in [7, 11) is 1.30. The van der Waals surface area contributed by atoms with Gasteiger partial charge in [0.1, 0.15) is 5.75 Å². The van der Waals surface area contributed by atoms with E-state index in [0.29, 0.717) is 11.4 Å². The summed E-state index contributed by atoms with van der Waals surface area (Å²) in [5.74, 6) is -0.0397.